The van der Waals surface area contributed by atoms with E-state index in [1.807, 2.05) is 6.07 Å². The van der Waals surface area contributed by atoms with Crippen LogP contribution in [-0.2, 0) is 0 Å². The van der Waals surface area contributed by atoms with E-state index in [1.54, 1.807) is 0 Å². The maximum absolute atomic E-state index is 5.96. The highest BCUT2D eigenvalue weighted by Gasteiger charge is 2.23. The second-order valence-electron chi connectivity index (χ2n) is 5.31. The second kappa shape index (κ2) is 6.31. The molecule has 1 atom stereocenters. The number of aliphatic imine (C=N–C) groups is 1. The lowest BCUT2D eigenvalue weighted by Gasteiger charge is -2.28. The Morgan fingerprint density at radius 2 is 1.81 bits per heavy atom. The smallest absolute Gasteiger partial charge is 0.0740 e. The summed E-state index contributed by atoms with van der Waals surface area (Å²) in [6.07, 6.45) is 0.942. The maximum atomic E-state index is 5.96. The van der Waals surface area contributed by atoms with Gasteiger partial charge in [0.2, 0.25) is 0 Å². The van der Waals surface area contributed by atoms with Crippen molar-refractivity contribution >= 4 is 23.0 Å². The molecule has 2 aromatic carbocycles. The van der Waals surface area contributed by atoms with Crippen LogP contribution in [-0.4, -0.2) is 31.2 Å². The fourth-order valence-corrected chi connectivity index (χ4v) is 3.09. The van der Waals surface area contributed by atoms with Gasteiger partial charge in [-0.2, -0.15) is 0 Å². The first-order valence-corrected chi connectivity index (χ1v) is 7.83. The van der Waals surface area contributed by atoms with E-state index in [9.17, 15) is 0 Å². The number of hydrogen-bond donors (Lipinski definition) is 0. The summed E-state index contributed by atoms with van der Waals surface area (Å²) in [5.74, 6) is 0.660. The summed E-state index contributed by atoms with van der Waals surface area (Å²) >= 11 is 5.96. The van der Waals surface area contributed by atoms with Gasteiger partial charge in [0.05, 0.1) is 12.3 Å². The molecule has 0 saturated heterocycles. The van der Waals surface area contributed by atoms with Gasteiger partial charge in [0.25, 0.3) is 0 Å². The third-order valence-corrected chi connectivity index (χ3v) is 4.25. The third kappa shape index (κ3) is 2.81. The van der Waals surface area contributed by atoms with Crippen LogP contribution in [0.5, 0.6) is 0 Å². The Bertz CT molecular complexity index is 637. The Hall–Kier alpha value is -1.80. The molecule has 1 aliphatic rings. The van der Waals surface area contributed by atoms with Crippen molar-refractivity contribution in [2.24, 2.45) is 4.99 Å². The quantitative estimate of drug-likeness (QED) is 0.783. The predicted molar refractivity (Wildman–Crippen MR) is 90.9 cm³/mol. The van der Waals surface area contributed by atoms with Crippen LogP contribution in [0.4, 0.5) is 5.69 Å². The number of para-hydroxylation sites is 1. The van der Waals surface area contributed by atoms with Crippen LogP contribution in [0.15, 0.2) is 59.6 Å². The highest BCUT2D eigenvalue weighted by molar-refractivity contribution is 6.18. The lowest BCUT2D eigenvalue weighted by Crippen LogP contribution is -2.34. The van der Waals surface area contributed by atoms with E-state index < -0.39 is 0 Å². The molecule has 3 heteroatoms. The van der Waals surface area contributed by atoms with Crippen LogP contribution in [0.3, 0.4) is 0 Å². The van der Waals surface area contributed by atoms with Gasteiger partial charge in [0.15, 0.2) is 0 Å². The third-order valence-electron chi connectivity index (χ3n) is 4.04. The molecule has 3 rings (SSSR count). The van der Waals surface area contributed by atoms with Gasteiger partial charge < -0.3 is 4.90 Å². The molecule has 2 nitrogen and oxygen atoms in total. The molecule has 21 heavy (non-hydrogen) atoms. The molecule has 0 fully saturated rings. The zero-order valence-corrected chi connectivity index (χ0v) is 12.9. The highest BCUT2D eigenvalue weighted by Crippen LogP contribution is 2.28. The number of likely N-dealkylation sites (N-methyl/N-ethyl adjacent to an activating group) is 1. The van der Waals surface area contributed by atoms with E-state index in [4.69, 9.17) is 16.6 Å². The number of alkyl halides is 1. The molecule has 0 saturated carbocycles. The van der Waals surface area contributed by atoms with Gasteiger partial charge in [-0.25, -0.2) is 0 Å². The summed E-state index contributed by atoms with van der Waals surface area (Å²) in [7, 11) is 2.14. The zero-order valence-electron chi connectivity index (χ0n) is 12.2. The summed E-state index contributed by atoms with van der Waals surface area (Å²) in [4.78, 5) is 7.22. The molecule has 0 aliphatic carbocycles. The van der Waals surface area contributed by atoms with Crippen molar-refractivity contribution in [1.29, 1.82) is 0 Å². The minimum Gasteiger partial charge on any atom is -0.369 e. The van der Waals surface area contributed by atoms with E-state index in [0.29, 0.717) is 11.9 Å². The number of hydrogen-bond acceptors (Lipinski definition) is 2. The number of fused-ring (bicyclic) bond motifs is 1. The van der Waals surface area contributed by atoms with Crippen LogP contribution in [0, 0.1) is 0 Å². The minimum atomic E-state index is 0.352. The summed E-state index contributed by atoms with van der Waals surface area (Å²) in [6.45, 7) is 0.780. The molecule has 0 N–H and O–H groups in total. The number of rotatable bonds is 3. The van der Waals surface area contributed by atoms with Crippen molar-refractivity contribution in [1.82, 2.24) is 0 Å². The molecule has 0 spiro atoms. The van der Waals surface area contributed by atoms with E-state index in [0.717, 1.165) is 18.7 Å². The molecular formula is C18H19ClN2. The van der Waals surface area contributed by atoms with Crippen molar-refractivity contribution in [2.45, 2.75) is 12.5 Å². The van der Waals surface area contributed by atoms with Gasteiger partial charge >= 0.3 is 0 Å². The van der Waals surface area contributed by atoms with Crippen molar-refractivity contribution < 1.29 is 0 Å². The average Bonchev–Trinajstić information content (AvgIpc) is 2.67. The van der Waals surface area contributed by atoms with Gasteiger partial charge in [-0.05, 0) is 12.5 Å². The molecule has 1 unspecified atom stereocenters. The highest BCUT2D eigenvalue weighted by atomic mass is 35.5. The number of benzodiazepines with no additional fused rings is 1. The Balaban J connectivity index is 2.10. The average molecular weight is 299 g/mol. The summed E-state index contributed by atoms with van der Waals surface area (Å²) < 4.78 is 0. The maximum Gasteiger partial charge on any atom is 0.0740 e. The zero-order chi connectivity index (χ0) is 14.7. The molecule has 0 radical (unpaired) electrons. The van der Waals surface area contributed by atoms with Gasteiger partial charge in [0, 0.05) is 35.8 Å². The largest absolute Gasteiger partial charge is 0.369 e. The second-order valence-corrected chi connectivity index (χ2v) is 5.69. The number of anilines is 1. The lowest BCUT2D eigenvalue weighted by atomic mass is 10.0. The molecule has 2 aromatic rings. The van der Waals surface area contributed by atoms with Crippen molar-refractivity contribution in [3.63, 3.8) is 0 Å². The van der Waals surface area contributed by atoms with Crippen LogP contribution in [0.1, 0.15) is 17.5 Å². The van der Waals surface area contributed by atoms with Crippen LogP contribution in [0.2, 0.25) is 0 Å². The summed E-state index contributed by atoms with van der Waals surface area (Å²) in [5, 5.41) is 0. The Labute approximate surface area is 131 Å². The molecule has 1 aliphatic heterocycles. The van der Waals surface area contributed by atoms with Crippen LogP contribution < -0.4 is 4.90 Å². The van der Waals surface area contributed by atoms with Crippen molar-refractivity contribution in [2.75, 3.05) is 24.4 Å². The van der Waals surface area contributed by atoms with Crippen LogP contribution >= 0.6 is 11.6 Å². The SMILES string of the molecule is CN1c2ccccc2C(c2ccccc2)=NCC1CCCl. The number of nitrogens with zero attached hydrogens (tertiary/aromatic N) is 2. The molecule has 0 bridgehead atoms. The molecule has 108 valence electrons. The normalized spacial score (nSPS) is 17.9. The first-order valence-electron chi connectivity index (χ1n) is 7.29. The summed E-state index contributed by atoms with van der Waals surface area (Å²) in [5.41, 5.74) is 4.68. The first-order chi connectivity index (χ1) is 10.3. The molecule has 0 amide bonds. The fraction of sp³-hybridized carbons (Fsp3) is 0.278. The van der Waals surface area contributed by atoms with E-state index in [1.165, 1.54) is 16.8 Å². The van der Waals surface area contributed by atoms with E-state index >= 15 is 0 Å². The van der Waals surface area contributed by atoms with E-state index in [-0.39, 0.29) is 0 Å². The Kier molecular flexibility index (Phi) is 4.26. The summed E-state index contributed by atoms with van der Waals surface area (Å²) in [6, 6.07) is 19.2. The molecule has 1 heterocycles. The van der Waals surface area contributed by atoms with E-state index in [2.05, 4.69) is 60.5 Å². The molecule has 0 aromatic heterocycles. The monoisotopic (exact) mass is 298 g/mol. The van der Waals surface area contributed by atoms with Gasteiger partial charge in [-0.3, -0.25) is 4.99 Å². The standard InChI is InChI=1S/C18H19ClN2/c1-21-15(11-12-19)13-20-18(14-7-3-2-4-8-14)16-9-5-6-10-17(16)21/h2-10,15H,11-13H2,1H3. The first kappa shape index (κ1) is 14.2. The number of halogens is 1. The Morgan fingerprint density at radius 1 is 1.10 bits per heavy atom. The van der Waals surface area contributed by atoms with Gasteiger partial charge in [0.1, 0.15) is 0 Å². The predicted octanol–water partition coefficient (Wildman–Crippen LogP) is 3.97. The van der Waals surface area contributed by atoms with Gasteiger partial charge in [-0.15, -0.1) is 11.6 Å². The Morgan fingerprint density at radius 3 is 2.57 bits per heavy atom. The topological polar surface area (TPSA) is 15.6 Å². The van der Waals surface area contributed by atoms with Crippen molar-refractivity contribution in [3.8, 4) is 0 Å². The number of benzene rings is 2. The van der Waals surface area contributed by atoms with Crippen LogP contribution in [0.25, 0.3) is 0 Å². The minimum absolute atomic E-state index is 0.352. The lowest BCUT2D eigenvalue weighted by molar-refractivity contribution is 0.627. The fourth-order valence-electron chi connectivity index (χ4n) is 2.84. The van der Waals surface area contributed by atoms with Gasteiger partial charge in [-0.1, -0.05) is 48.5 Å². The van der Waals surface area contributed by atoms with Crippen molar-refractivity contribution in [3.05, 3.63) is 65.7 Å². The molecular weight excluding hydrogens is 280 g/mol.